The molecule has 0 aliphatic carbocycles. The van der Waals surface area contributed by atoms with Gasteiger partial charge < -0.3 is 10.5 Å². The lowest BCUT2D eigenvalue weighted by molar-refractivity contribution is 0.301. The molecule has 1 aromatic carbocycles. The van der Waals surface area contributed by atoms with Gasteiger partial charge in [0.1, 0.15) is 18.2 Å². The van der Waals surface area contributed by atoms with Crippen molar-refractivity contribution in [1.29, 1.82) is 0 Å². The van der Waals surface area contributed by atoms with E-state index >= 15 is 0 Å². The first-order chi connectivity index (χ1) is 7.34. The topological polar surface area (TPSA) is 48.1 Å². The van der Waals surface area contributed by atoms with Gasteiger partial charge in [-0.3, -0.25) is 0 Å². The number of fused-ring (bicyclic) bond motifs is 3. The van der Waals surface area contributed by atoms with Gasteiger partial charge in [-0.05, 0) is 24.3 Å². The van der Waals surface area contributed by atoms with Crippen LogP contribution in [0.3, 0.4) is 0 Å². The van der Waals surface area contributed by atoms with Gasteiger partial charge in [0.15, 0.2) is 0 Å². The van der Waals surface area contributed by atoms with E-state index in [-0.39, 0.29) is 0 Å². The molecule has 0 amide bonds. The third kappa shape index (κ3) is 1.24. The van der Waals surface area contributed by atoms with Gasteiger partial charge in [0.2, 0.25) is 0 Å². The summed E-state index contributed by atoms with van der Waals surface area (Å²) < 4.78 is 5.61. The molecule has 0 fully saturated rings. The van der Waals surface area contributed by atoms with Crippen LogP contribution in [0.4, 0.5) is 5.82 Å². The highest BCUT2D eigenvalue weighted by molar-refractivity contribution is 5.72. The second-order valence-electron chi connectivity index (χ2n) is 3.53. The lowest BCUT2D eigenvalue weighted by Gasteiger charge is -2.19. The zero-order valence-electron chi connectivity index (χ0n) is 8.10. The summed E-state index contributed by atoms with van der Waals surface area (Å²) in [7, 11) is 0. The van der Waals surface area contributed by atoms with Crippen molar-refractivity contribution in [3.8, 4) is 17.0 Å². The fourth-order valence-electron chi connectivity index (χ4n) is 1.80. The number of hydrogen-bond donors (Lipinski definition) is 1. The monoisotopic (exact) mass is 198 g/mol. The van der Waals surface area contributed by atoms with E-state index in [1.165, 1.54) is 0 Å². The molecule has 15 heavy (non-hydrogen) atoms. The molecular weight excluding hydrogens is 188 g/mol. The van der Waals surface area contributed by atoms with E-state index in [1.54, 1.807) is 6.07 Å². The Labute approximate surface area is 87.5 Å². The zero-order chi connectivity index (χ0) is 10.3. The Balaban J connectivity index is 2.28. The van der Waals surface area contributed by atoms with Crippen LogP contribution in [-0.4, -0.2) is 4.98 Å². The molecule has 1 aliphatic heterocycles. The molecule has 3 nitrogen and oxygen atoms in total. The number of aromatic nitrogens is 1. The van der Waals surface area contributed by atoms with Crippen molar-refractivity contribution < 1.29 is 4.74 Å². The first kappa shape index (κ1) is 8.29. The number of nitrogen functional groups attached to an aromatic ring is 1. The van der Waals surface area contributed by atoms with Crippen LogP contribution in [-0.2, 0) is 6.61 Å². The summed E-state index contributed by atoms with van der Waals surface area (Å²) in [6, 6.07) is 11.6. The molecule has 0 atom stereocenters. The fourth-order valence-corrected chi connectivity index (χ4v) is 1.80. The predicted octanol–water partition coefficient (Wildman–Crippen LogP) is 2.22. The molecule has 2 heterocycles. The van der Waals surface area contributed by atoms with Crippen LogP contribution >= 0.6 is 0 Å². The Hall–Kier alpha value is -2.03. The number of rotatable bonds is 0. The summed E-state index contributed by atoms with van der Waals surface area (Å²) in [5.74, 6) is 1.42. The highest BCUT2D eigenvalue weighted by Gasteiger charge is 2.17. The smallest absolute Gasteiger partial charge is 0.129 e. The van der Waals surface area contributed by atoms with Crippen molar-refractivity contribution in [3.63, 3.8) is 0 Å². The normalized spacial score (nSPS) is 12.5. The minimum absolute atomic E-state index is 0.547. The van der Waals surface area contributed by atoms with Gasteiger partial charge in [-0.25, -0.2) is 4.98 Å². The molecule has 3 heteroatoms. The van der Waals surface area contributed by atoms with Crippen molar-refractivity contribution >= 4 is 5.82 Å². The molecule has 0 radical (unpaired) electrons. The third-order valence-corrected chi connectivity index (χ3v) is 2.53. The van der Waals surface area contributed by atoms with Crippen LogP contribution in [0.5, 0.6) is 5.75 Å². The Morgan fingerprint density at radius 3 is 2.93 bits per heavy atom. The fraction of sp³-hybridized carbons (Fsp3) is 0.0833. The standard InChI is InChI=1S/C12H10N2O/c13-11-6-5-8-7-15-10-4-2-1-3-9(10)12(8)14-11/h1-6H,7H2,(H2,13,14). The molecule has 0 spiro atoms. The van der Waals surface area contributed by atoms with Crippen LogP contribution in [0.1, 0.15) is 5.56 Å². The average molecular weight is 198 g/mol. The molecular formula is C12H10N2O. The van der Waals surface area contributed by atoms with Gasteiger partial charge in [0, 0.05) is 11.1 Å². The Morgan fingerprint density at radius 2 is 2.00 bits per heavy atom. The first-order valence-electron chi connectivity index (χ1n) is 4.82. The highest BCUT2D eigenvalue weighted by Crippen LogP contribution is 2.35. The molecule has 0 saturated heterocycles. The van der Waals surface area contributed by atoms with Crippen molar-refractivity contribution in [2.24, 2.45) is 0 Å². The first-order valence-corrected chi connectivity index (χ1v) is 4.82. The average Bonchev–Trinajstić information content (AvgIpc) is 2.29. The molecule has 2 N–H and O–H groups in total. The summed E-state index contributed by atoms with van der Waals surface area (Å²) in [5, 5.41) is 0. The quantitative estimate of drug-likeness (QED) is 0.706. The minimum atomic E-state index is 0.547. The Bertz CT molecular complexity index is 523. The molecule has 2 aromatic rings. The van der Waals surface area contributed by atoms with Crippen LogP contribution in [0.25, 0.3) is 11.3 Å². The molecule has 0 bridgehead atoms. The largest absolute Gasteiger partial charge is 0.488 e. The van der Waals surface area contributed by atoms with Crippen LogP contribution in [0, 0.1) is 0 Å². The maximum atomic E-state index is 5.69. The summed E-state index contributed by atoms with van der Waals surface area (Å²) >= 11 is 0. The van der Waals surface area contributed by atoms with Crippen molar-refractivity contribution in [3.05, 3.63) is 42.0 Å². The number of anilines is 1. The lowest BCUT2D eigenvalue weighted by atomic mass is 10.0. The Kier molecular flexibility index (Phi) is 1.65. The second-order valence-corrected chi connectivity index (χ2v) is 3.53. The Morgan fingerprint density at radius 1 is 1.13 bits per heavy atom. The lowest BCUT2D eigenvalue weighted by Crippen LogP contribution is -2.07. The molecule has 0 saturated carbocycles. The van der Waals surface area contributed by atoms with Gasteiger partial charge in [0.25, 0.3) is 0 Å². The second kappa shape index (κ2) is 2.98. The van der Waals surface area contributed by atoms with E-state index in [4.69, 9.17) is 10.5 Å². The van der Waals surface area contributed by atoms with E-state index in [9.17, 15) is 0 Å². The summed E-state index contributed by atoms with van der Waals surface area (Å²) in [5.41, 5.74) is 8.73. The maximum absolute atomic E-state index is 5.69. The number of benzene rings is 1. The zero-order valence-corrected chi connectivity index (χ0v) is 8.10. The summed E-state index contributed by atoms with van der Waals surface area (Å²) in [6.07, 6.45) is 0. The SMILES string of the molecule is Nc1ccc2c(n1)-c1ccccc1OC2. The van der Waals surface area contributed by atoms with Crippen molar-refractivity contribution in [1.82, 2.24) is 4.98 Å². The molecule has 1 aliphatic rings. The maximum Gasteiger partial charge on any atom is 0.129 e. The van der Waals surface area contributed by atoms with Gasteiger partial charge >= 0.3 is 0 Å². The number of hydrogen-bond acceptors (Lipinski definition) is 3. The number of nitrogens with zero attached hydrogens (tertiary/aromatic N) is 1. The van der Waals surface area contributed by atoms with Gasteiger partial charge in [0.05, 0.1) is 5.69 Å². The number of pyridine rings is 1. The molecule has 1 aromatic heterocycles. The summed E-state index contributed by atoms with van der Waals surface area (Å²) in [6.45, 7) is 0.569. The molecule has 3 rings (SSSR count). The van der Waals surface area contributed by atoms with Gasteiger partial charge in [-0.15, -0.1) is 0 Å². The highest BCUT2D eigenvalue weighted by atomic mass is 16.5. The van der Waals surface area contributed by atoms with E-state index in [0.717, 1.165) is 22.6 Å². The molecule has 0 unspecified atom stereocenters. The minimum Gasteiger partial charge on any atom is -0.488 e. The molecule has 74 valence electrons. The van der Waals surface area contributed by atoms with E-state index in [0.29, 0.717) is 12.4 Å². The van der Waals surface area contributed by atoms with E-state index in [2.05, 4.69) is 4.98 Å². The van der Waals surface area contributed by atoms with Crippen LogP contribution < -0.4 is 10.5 Å². The van der Waals surface area contributed by atoms with E-state index in [1.807, 2.05) is 30.3 Å². The van der Waals surface area contributed by atoms with E-state index < -0.39 is 0 Å². The van der Waals surface area contributed by atoms with Crippen molar-refractivity contribution in [2.75, 3.05) is 5.73 Å². The van der Waals surface area contributed by atoms with Gasteiger partial charge in [-0.2, -0.15) is 0 Å². The number of nitrogens with two attached hydrogens (primary N) is 1. The third-order valence-electron chi connectivity index (χ3n) is 2.53. The van der Waals surface area contributed by atoms with Crippen molar-refractivity contribution in [2.45, 2.75) is 6.61 Å². The van der Waals surface area contributed by atoms with Crippen LogP contribution in [0.2, 0.25) is 0 Å². The van der Waals surface area contributed by atoms with Gasteiger partial charge in [-0.1, -0.05) is 12.1 Å². The summed E-state index contributed by atoms with van der Waals surface area (Å²) in [4.78, 5) is 4.35. The number of ether oxygens (including phenoxy) is 1. The van der Waals surface area contributed by atoms with Crippen LogP contribution in [0.15, 0.2) is 36.4 Å². The number of para-hydroxylation sites is 1. The predicted molar refractivity (Wildman–Crippen MR) is 58.4 cm³/mol.